The van der Waals surface area contributed by atoms with Crippen LogP contribution in [-0.4, -0.2) is 22.1 Å². The van der Waals surface area contributed by atoms with Crippen LogP contribution in [0.1, 0.15) is 35.8 Å². The number of terminal acetylenes is 1. The van der Waals surface area contributed by atoms with Gasteiger partial charge in [-0.1, -0.05) is 6.92 Å². The van der Waals surface area contributed by atoms with Gasteiger partial charge in [-0.2, -0.15) is 0 Å². The highest BCUT2D eigenvalue weighted by Crippen LogP contribution is 2.13. The Morgan fingerprint density at radius 1 is 1.65 bits per heavy atom. The van der Waals surface area contributed by atoms with Crippen molar-refractivity contribution in [3.63, 3.8) is 0 Å². The van der Waals surface area contributed by atoms with Crippen LogP contribution in [-0.2, 0) is 0 Å². The smallest absolute Gasteiger partial charge is 0.337 e. The Kier molecular flexibility index (Phi) is 4.53. The minimum Gasteiger partial charge on any atom is -0.478 e. The second-order valence-electron chi connectivity index (χ2n) is 3.79. The summed E-state index contributed by atoms with van der Waals surface area (Å²) in [6.45, 7) is 3.71. The molecule has 0 aliphatic carbocycles. The van der Waals surface area contributed by atoms with Crippen LogP contribution in [0.15, 0.2) is 12.1 Å². The molecule has 1 rings (SSSR count). The molecule has 17 heavy (non-hydrogen) atoms. The Morgan fingerprint density at radius 3 is 2.82 bits per heavy atom. The standard InChI is InChI=1S/C13H16N2O2/c1-4-6-10(5-2)15-12-8-7-11(13(16)17)9(3)14-12/h1,7-8,10H,5-6H2,2-3H3,(H,14,15)(H,16,17). The van der Waals surface area contributed by atoms with E-state index >= 15 is 0 Å². The summed E-state index contributed by atoms with van der Waals surface area (Å²) in [5, 5.41) is 12.1. The highest BCUT2D eigenvalue weighted by Gasteiger charge is 2.10. The zero-order chi connectivity index (χ0) is 12.8. The van der Waals surface area contributed by atoms with Gasteiger partial charge in [0.1, 0.15) is 5.82 Å². The van der Waals surface area contributed by atoms with Crippen molar-refractivity contribution in [2.45, 2.75) is 32.7 Å². The van der Waals surface area contributed by atoms with Crippen molar-refractivity contribution in [3.05, 3.63) is 23.4 Å². The van der Waals surface area contributed by atoms with E-state index in [0.29, 0.717) is 17.9 Å². The summed E-state index contributed by atoms with van der Waals surface area (Å²) >= 11 is 0. The van der Waals surface area contributed by atoms with Crippen molar-refractivity contribution in [1.82, 2.24) is 4.98 Å². The normalized spacial score (nSPS) is 11.6. The first-order valence-corrected chi connectivity index (χ1v) is 5.49. The van der Waals surface area contributed by atoms with Crippen LogP contribution < -0.4 is 5.32 Å². The van der Waals surface area contributed by atoms with Crippen LogP contribution in [0.5, 0.6) is 0 Å². The van der Waals surface area contributed by atoms with Crippen LogP contribution in [0.3, 0.4) is 0 Å². The minimum absolute atomic E-state index is 0.169. The lowest BCUT2D eigenvalue weighted by molar-refractivity contribution is 0.0695. The van der Waals surface area contributed by atoms with E-state index in [1.54, 1.807) is 19.1 Å². The quantitative estimate of drug-likeness (QED) is 0.765. The largest absolute Gasteiger partial charge is 0.478 e. The lowest BCUT2D eigenvalue weighted by Crippen LogP contribution is -2.19. The van der Waals surface area contributed by atoms with E-state index in [1.807, 2.05) is 6.92 Å². The summed E-state index contributed by atoms with van der Waals surface area (Å²) in [4.78, 5) is 15.0. The van der Waals surface area contributed by atoms with Gasteiger partial charge in [-0.3, -0.25) is 0 Å². The molecule has 0 aliphatic rings. The molecule has 1 unspecified atom stereocenters. The van der Waals surface area contributed by atoms with E-state index in [9.17, 15) is 4.79 Å². The van der Waals surface area contributed by atoms with Gasteiger partial charge in [-0.05, 0) is 25.5 Å². The number of pyridine rings is 1. The number of hydrogen-bond donors (Lipinski definition) is 2. The molecule has 0 bridgehead atoms. The third kappa shape index (κ3) is 3.49. The van der Waals surface area contributed by atoms with E-state index in [4.69, 9.17) is 11.5 Å². The number of nitrogens with zero attached hydrogens (tertiary/aromatic N) is 1. The van der Waals surface area contributed by atoms with E-state index in [1.165, 1.54) is 0 Å². The number of aromatic nitrogens is 1. The van der Waals surface area contributed by atoms with Gasteiger partial charge in [0.05, 0.1) is 11.3 Å². The van der Waals surface area contributed by atoms with Gasteiger partial charge in [-0.25, -0.2) is 9.78 Å². The first-order chi connectivity index (χ1) is 8.08. The summed E-state index contributed by atoms with van der Waals surface area (Å²) in [7, 11) is 0. The number of nitrogens with one attached hydrogen (secondary N) is 1. The maximum absolute atomic E-state index is 10.8. The number of rotatable bonds is 5. The van der Waals surface area contributed by atoms with Gasteiger partial charge in [-0.15, -0.1) is 12.3 Å². The number of aromatic carboxylic acids is 1. The van der Waals surface area contributed by atoms with E-state index in [2.05, 4.69) is 16.2 Å². The molecule has 1 atom stereocenters. The molecule has 0 aliphatic heterocycles. The molecule has 1 aromatic heterocycles. The Labute approximate surface area is 101 Å². The predicted octanol–water partition coefficient (Wildman–Crippen LogP) is 2.30. The predicted molar refractivity (Wildman–Crippen MR) is 67.1 cm³/mol. The summed E-state index contributed by atoms with van der Waals surface area (Å²) < 4.78 is 0. The maximum atomic E-state index is 10.8. The van der Waals surface area contributed by atoms with Crippen LogP contribution in [0, 0.1) is 19.3 Å². The minimum atomic E-state index is -0.961. The molecule has 4 heteroatoms. The summed E-state index contributed by atoms with van der Waals surface area (Å²) in [5.41, 5.74) is 0.721. The molecular formula is C13H16N2O2. The van der Waals surface area contributed by atoms with Crippen LogP contribution in [0.2, 0.25) is 0 Å². The molecule has 0 amide bonds. The molecule has 0 spiro atoms. The Bertz CT molecular complexity index is 449. The van der Waals surface area contributed by atoms with Crippen molar-refractivity contribution < 1.29 is 9.90 Å². The van der Waals surface area contributed by atoms with Crippen LogP contribution in [0.25, 0.3) is 0 Å². The van der Waals surface area contributed by atoms with Gasteiger partial charge in [0, 0.05) is 12.5 Å². The van der Waals surface area contributed by atoms with E-state index in [-0.39, 0.29) is 11.6 Å². The van der Waals surface area contributed by atoms with Crippen molar-refractivity contribution in [2.75, 3.05) is 5.32 Å². The Morgan fingerprint density at radius 2 is 2.35 bits per heavy atom. The zero-order valence-corrected chi connectivity index (χ0v) is 10.0. The Balaban J connectivity index is 2.84. The molecule has 0 aromatic carbocycles. The summed E-state index contributed by atoms with van der Waals surface area (Å²) in [6.07, 6.45) is 6.78. The van der Waals surface area contributed by atoms with Crippen molar-refractivity contribution in [1.29, 1.82) is 0 Å². The van der Waals surface area contributed by atoms with Crippen LogP contribution in [0.4, 0.5) is 5.82 Å². The summed E-state index contributed by atoms with van der Waals surface area (Å²) in [6, 6.07) is 3.38. The third-order valence-electron chi connectivity index (χ3n) is 2.53. The van der Waals surface area contributed by atoms with E-state index in [0.717, 1.165) is 6.42 Å². The van der Waals surface area contributed by atoms with Crippen molar-refractivity contribution in [3.8, 4) is 12.3 Å². The van der Waals surface area contributed by atoms with Crippen LogP contribution >= 0.6 is 0 Å². The number of aryl methyl sites for hydroxylation is 1. The fourth-order valence-electron chi connectivity index (χ4n) is 1.52. The molecule has 1 aromatic rings. The molecule has 0 saturated carbocycles. The monoisotopic (exact) mass is 232 g/mol. The Hall–Kier alpha value is -2.02. The molecular weight excluding hydrogens is 216 g/mol. The number of carboxylic acid groups (broad SMARTS) is 1. The molecule has 0 fully saturated rings. The average Bonchev–Trinajstić information content (AvgIpc) is 2.28. The molecule has 4 nitrogen and oxygen atoms in total. The molecule has 0 saturated heterocycles. The summed E-state index contributed by atoms with van der Waals surface area (Å²) in [5.74, 6) is 2.30. The lowest BCUT2D eigenvalue weighted by Gasteiger charge is -2.15. The third-order valence-corrected chi connectivity index (χ3v) is 2.53. The first-order valence-electron chi connectivity index (χ1n) is 5.49. The topological polar surface area (TPSA) is 62.2 Å². The highest BCUT2D eigenvalue weighted by molar-refractivity contribution is 5.89. The molecule has 0 radical (unpaired) electrons. The van der Waals surface area contributed by atoms with Gasteiger partial charge < -0.3 is 10.4 Å². The average molecular weight is 232 g/mol. The molecule has 1 heterocycles. The fourth-order valence-corrected chi connectivity index (χ4v) is 1.52. The van der Waals surface area contributed by atoms with Crippen molar-refractivity contribution >= 4 is 11.8 Å². The van der Waals surface area contributed by atoms with Gasteiger partial charge in [0.25, 0.3) is 0 Å². The fraction of sp³-hybridized carbons (Fsp3) is 0.385. The molecule has 2 N–H and O–H groups in total. The number of hydrogen-bond acceptors (Lipinski definition) is 3. The number of carbonyl (C=O) groups is 1. The SMILES string of the molecule is C#CCC(CC)Nc1ccc(C(=O)O)c(C)n1. The first kappa shape index (κ1) is 13.0. The number of carboxylic acids is 1. The lowest BCUT2D eigenvalue weighted by atomic mass is 10.1. The van der Waals surface area contributed by atoms with Gasteiger partial charge >= 0.3 is 5.97 Å². The second-order valence-corrected chi connectivity index (χ2v) is 3.79. The second kappa shape index (κ2) is 5.90. The zero-order valence-electron chi connectivity index (χ0n) is 10.0. The maximum Gasteiger partial charge on any atom is 0.337 e. The van der Waals surface area contributed by atoms with Gasteiger partial charge in [0.15, 0.2) is 0 Å². The van der Waals surface area contributed by atoms with Crippen molar-refractivity contribution in [2.24, 2.45) is 0 Å². The number of anilines is 1. The molecule has 90 valence electrons. The van der Waals surface area contributed by atoms with Gasteiger partial charge in [0.2, 0.25) is 0 Å². The van der Waals surface area contributed by atoms with E-state index < -0.39 is 5.97 Å². The highest BCUT2D eigenvalue weighted by atomic mass is 16.4.